The lowest BCUT2D eigenvalue weighted by molar-refractivity contribution is 0.596. The van der Waals surface area contributed by atoms with Gasteiger partial charge in [-0.2, -0.15) is 0 Å². The summed E-state index contributed by atoms with van der Waals surface area (Å²) in [6.07, 6.45) is 1.75. The van der Waals surface area contributed by atoms with Crippen LogP contribution in [0.5, 0.6) is 0 Å². The molecular weight excluding hydrogens is 244 g/mol. The van der Waals surface area contributed by atoms with Crippen LogP contribution in [0.3, 0.4) is 0 Å². The molecule has 90 valence electrons. The lowest BCUT2D eigenvalue weighted by Crippen LogP contribution is -2.10. The Morgan fingerprint density at radius 2 is 1.81 bits per heavy atom. The maximum absolute atomic E-state index is 11.3. The zero-order chi connectivity index (χ0) is 12.4. The van der Waals surface area contributed by atoms with Gasteiger partial charge >= 0.3 is 0 Å². The zero-order valence-electron chi connectivity index (χ0n) is 9.40. The van der Waals surface area contributed by atoms with Crippen LogP contribution in [0, 0.1) is 0 Å². The standard InChI is InChI=1S/C9H11ClO2S.C3H6/c10-6-7-13(11,12)8-9-4-2-1-3-5-9;1-3-2/h1-5H,6-8H2;3H,1H2,2H3. The van der Waals surface area contributed by atoms with Crippen LogP contribution in [0.4, 0.5) is 0 Å². The van der Waals surface area contributed by atoms with E-state index in [4.69, 9.17) is 11.6 Å². The molecule has 1 aromatic rings. The number of hydrogen-bond donors (Lipinski definition) is 0. The number of sulfone groups is 1. The number of halogens is 1. The lowest BCUT2D eigenvalue weighted by Gasteiger charge is -2.01. The summed E-state index contributed by atoms with van der Waals surface area (Å²) >= 11 is 5.37. The maximum atomic E-state index is 11.3. The minimum atomic E-state index is -3.02. The van der Waals surface area contributed by atoms with Gasteiger partial charge in [0.1, 0.15) is 0 Å². The van der Waals surface area contributed by atoms with E-state index < -0.39 is 9.84 Å². The molecule has 0 aliphatic carbocycles. The van der Waals surface area contributed by atoms with Crippen molar-refractivity contribution in [3.8, 4) is 0 Å². The van der Waals surface area contributed by atoms with Crippen molar-refractivity contribution in [2.45, 2.75) is 12.7 Å². The molecule has 0 N–H and O–H groups in total. The van der Waals surface area contributed by atoms with Gasteiger partial charge in [-0.1, -0.05) is 36.4 Å². The second-order valence-corrected chi connectivity index (χ2v) is 5.74. The molecule has 0 saturated heterocycles. The molecule has 0 radical (unpaired) electrons. The van der Waals surface area contributed by atoms with Gasteiger partial charge in [-0.3, -0.25) is 0 Å². The molecule has 0 saturated carbocycles. The fraction of sp³-hybridized carbons (Fsp3) is 0.333. The highest BCUT2D eigenvalue weighted by atomic mass is 35.5. The van der Waals surface area contributed by atoms with Gasteiger partial charge in [0.05, 0.1) is 11.5 Å². The van der Waals surface area contributed by atoms with Crippen LogP contribution in [0.15, 0.2) is 43.0 Å². The summed E-state index contributed by atoms with van der Waals surface area (Å²) in [6, 6.07) is 9.10. The second kappa shape index (κ2) is 8.36. The van der Waals surface area contributed by atoms with Crippen molar-refractivity contribution >= 4 is 21.4 Å². The van der Waals surface area contributed by atoms with Crippen molar-refractivity contribution in [3.05, 3.63) is 48.6 Å². The molecule has 1 aromatic carbocycles. The summed E-state index contributed by atoms with van der Waals surface area (Å²) in [5, 5.41) is 0. The third kappa shape index (κ3) is 7.49. The molecule has 0 heterocycles. The summed E-state index contributed by atoms with van der Waals surface area (Å²) in [7, 11) is -3.02. The minimum Gasteiger partial charge on any atom is -0.228 e. The Hall–Kier alpha value is -0.800. The molecular formula is C12H17ClO2S. The average Bonchev–Trinajstić information content (AvgIpc) is 2.19. The topological polar surface area (TPSA) is 34.1 Å². The average molecular weight is 261 g/mol. The van der Waals surface area contributed by atoms with Gasteiger partial charge in [0.15, 0.2) is 9.84 Å². The summed E-state index contributed by atoms with van der Waals surface area (Å²) < 4.78 is 22.6. The summed E-state index contributed by atoms with van der Waals surface area (Å²) in [4.78, 5) is 0. The van der Waals surface area contributed by atoms with Gasteiger partial charge < -0.3 is 0 Å². The van der Waals surface area contributed by atoms with E-state index in [0.29, 0.717) is 0 Å². The maximum Gasteiger partial charge on any atom is 0.155 e. The lowest BCUT2D eigenvalue weighted by atomic mass is 10.2. The first kappa shape index (κ1) is 15.2. The predicted molar refractivity (Wildman–Crippen MR) is 70.5 cm³/mol. The van der Waals surface area contributed by atoms with Crippen molar-refractivity contribution in [3.63, 3.8) is 0 Å². The normalized spacial score (nSPS) is 10.1. The SMILES string of the molecule is C=CC.O=S(=O)(CCCl)Cc1ccccc1. The molecule has 0 atom stereocenters. The van der Waals surface area contributed by atoms with Crippen LogP contribution in [0.1, 0.15) is 12.5 Å². The molecule has 2 nitrogen and oxygen atoms in total. The third-order valence-corrected chi connectivity index (χ3v) is 3.63. The summed E-state index contributed by atoms with van der Waals surface area (Å²) in [5.41, 5.74) is 0.813. The molecule has 0 bridgehead atoms. The van der Waals surface area contributed by atoms with Crippen LogP contribution in [0.25, 0.3) is 0 Å². The Bertz CT molecular complexity index is 385. The Morgan fingerprint density at radius 3 is 2.25 bits per heavy atom. The first-order valence-corrected chi connectivity index (χ1v) is 7.28. The minimum absolute atomic E-state index is 0.0451. The first-order valence-electron chi connectivity index (χ1n) is 4.93. The van der Waals surface area contributed by atoms with Crippen molar-refractivity contribution in [2.75, 3.05) is 11.6 Å². The summed E-state index contributed by atoms with van der Waals surface area (Å²) in [5.74, 6) is 0.291. The predicted octanol–water partition coefficient (Wildman–Crippen LogP) is 3.03. The molecule has 0 fully saturated rings. The van der Waals surface area contributed by atoms with Gasteiger partial charge in [-0.15, -0.1) is 18.2 Å². The molecule has 0 aliphatic rings. The van der Waals surface area contributed by atoms with E-state index in [1.165, 1.54) is 0 Å². The highest BCUT2D eigenvalue weighted by Gasteiger charge is 2.09. The van der Waals surface area contributed by atoms with E-state index in [1.807, 2.05) is 25.1 Å². The number of hydrogen-bond acceptors (Lipinski definition) is 2. The molecule has 0 amide bonds. The highest BCUT2D eigenvalue weighted by Crippen LogP contribution is 2.06. The fourth-order valence-electron chi connectivity index (χ4n) is 1.02. The van der Waals surface area contributed by atoms with Crippen molar-refractivity contribution in [1.82, 2.24) is 0 Å². The highest BCUT2D eigenvalue weighted by molar-refractivity contribution is 7.90. The molecule has 16 heavy (non-hydrogen) atoms. The summed E-state index contributed by atoms with van der Waals surface area (Å²) in [6.45, 7) is 5.25. The Morgan fingerprint density at radius 1 is 1.31 bits per heavy atom. The Balaban J connectivity index is 0.000000673. The quantitative estimate of drug-likeness (QED) is 0.616. The van der Waals surface area contributed by atoms with E-state index in [-0.39, 0.29) is 17.4 Å². The number of alkyl halides is 1. The van der Waals surface area contributed by atoms with E-state index in [0.717, 1.165) is 5.56 Å². The molecule has 1 rings (SSSR count). The van der Waals surface area contributed by atoms with Crippen LogP contribution < -0.4 is 0 Å². The van der Waals surface area contributed by atoms with Gasteiger partial charge in [0.2, 0.25) is 0 Å². The largest absolute Gasteiger partial charge is 0.228 e. The van der Waals surface area contributed by atoms with E-state index in [1.54, 1.807) is 18.2 Å². The van der Waals surface area contributed by atoms with E-state index in [9.17, 15) is 8.42 Å². The smallest absolute Gasteiger partial charge is 0.155 e. The van der Waals surface area contributed by atoms with Crippen molar-refractivity contribution in [1.29, 1.82) is 0 Å². The number of benzene rings is 1. The molecule has 0 aliphatic heterocycles. The molecule has 0 spiro atoms. The van der Waals surface area contributed by atoms with Gasteiger partial charge in [0.25, 0.3) is 0 Å². The zero-order valence-corrected chi connectivity index (χ0v) is 11.0. The third-order valence-electron chi connectivity index (χ3n) is 1.62. The first-order chi connectivity index (χ1) is 7.55. The van der Waals surface area contributed by atoms with E-state index in [2.05, 4.69) is 6.58 Å². The van der Waals surface area contributed by atoms with Gasteiger partial charge in [0, 0.05) is 5.88 Å². The second-order valence-electron chi connectivity index (χ2n) is 3.17. The van der Waals surface area contributed by atoms with Crippen LogP contribution >= 0.6 is 11.6 Å². The van der Waals surface area contributed by atoms with Crippen LogP contribution in [-0.2, 0) is 15.6 Å². The fourth-order valence-corrected chi connectivity index (χ4v) is 2.80. The van der Waals surface area contributed by atoms with Crippen LogP contribution in [-0.4, -0.2) is 20.1 Å². The number of rotatable bonds is 4. The van der Waals surface area contributed by atoms with Gasteiger partial charge in [-0.25, -0.2) is 8.42 Å². The van der Waals surface area contributed by atoms with Crippen molar-refractivity contribution < 1.29 is 8.42 Å². The Kier molecular flexibility index (Phi) is 7.95. The number of allylic oxidation sites excluding steroid dienone is 1. The van der Waals surface area contributed by atoms with Crippen molar-refractivity contribution in [2.24, 2.45) is 0 Å². The molecule has 0 aromatic heterocycles. The van der Waals surface area contributed by atoms with E-state index >= 15 is 0 Å². The molecule has 4 heteroatoms. The monoisotopic (exact) mass is 260 g/mol. The Labute approximate surface area is 103 Å². The molecule has 0 unspecified atom stereocenters. The van der Waals surface area contributed by atoms with Gasteiger partial charge in [-0.05, 0) is 12.5 Å². The van der Waals surface area contributed by atoms with Crippen LogP contribution in [0.2, 0.25) is 0 Å².